The lowest BCUT2D eigenvalue weighted by Crippen LogP contribution is -2.11. The van der Waals surface area contributed by atoms with Gasteiger partial charge >= 0.3 is 0 Å². The number of furan rings is 1. The van der Waals surface area contributed by atoms with E-state index in [0.29, 0.717) is 11.3 Å². The summed E-state index contributed by atoms with van der Waals surface area (Å²) in [7, 11) is 0. The predicted octanol–water partition coefficient (Wildman–Crippen LogP) is 7.00. The van der Waals surface area contributed by atoms with Crippen LogP contribution in [0.15, 0.2) is 77.2 Å². The van der Waals surface area contributed by atoms with E-state index >= 15 is 0 Å². The van der Waals surface area contributed by atoms with E-state index in [9.17, 15) is 14.9 Å². The molecule has 0 radical (unpaired) electrons. The molecule has 0 saturated carbocycles. The number of carbonyl (C=O) groups excluding carboxylic acids is 1. The van der Waals surface area contributed by atoms with Gasteiger partial charge in [0.1, 0.15) is 10.8 Å². The second-order valence-electron chi connectivity index (χ2n) is 7.91. The molecule has 1 amide bonds. The number of hydrogen-bond donors (Lipinski definition) is 1. The van der Waals surface area contributed by atoms with Crippen LogP contribution in [0.2, 0.25) is 0 Å². The Balaban J connectivity index is 1.37. The maximum absolute atomic E-state index is 12.8. The molecule has 0 bridgehead atoms. The van der Waals surface area contributed by atoms with Crippen molar-refractivity contribution in [2.24, 2.45) is 0 Å². The van der Waals surface area contributed by atoms with Crippen LogP contribution < -0.4 is 5.32 Å². The predicted molar refractivity (Wildman–Crippen MR) is 133 cm³/mol. The zero-order valence-corrected chi connectivity index (χ0v) is 19.2. The summed E-state index contributed by atoms with van der Waals surface area (Å²) in [5.74, 6) is -0.101. The summed E-state index contributed by atoms with van der Waals surface area (Å²) in [5, 5.41) is 15.2. The smallest absolute Gasteiger partial charge is 0.291 e. The SMILES string of the molecule is Cc1ccc(-c2ccc(C(=O)Nc3ccc(-c4nc5ccccc5s4)cc3C)o2)c([N+](=O)[O-])c1. The molecular weight excluding hydrogens is 450 g/mol. The van der Waals surface area contributed by atoms with Gasteiger partial charge in [0.2, 0.25) is 0 Å². The first kappa shape index (κ1) is 21.5. The highest BCUT2D eigenvalue weighted by Gasteiger charge is 2.20. The maximum Gasteiger partial charge on any atom is 0.291 e. The fourth-order valence-electron chi connectivity index (χ4n) is 3.72. The monoisotopic (exact) mass is 469 g/mol. The van der Waals surface area contributed by atoms with E-state index in [1.54, 1.807) is 36.5 Å². The number of carbonyl (C=O) groups is 1. The molecule has 5 rings (SSSR count). The van der Waals surface area contributed by atoms with Crippen LogP contribution in [-0.4, -0.2) is 15.8 Å². The van der Waals surface area contributed by atoms with Crippen LogP contribution in [0, 0.1) is 24.0 Å². The summed E-state index contributed by atoms with van der Waals surface area (Å²) in [6, 6.07) is 21.7. The molecule has 0 fully saturated rings. The number of para-hydroxylation sites is 1. The number of rotatable bonds is 5. The summed E-state index contributed by atoms with van der Waals surface area (Å²) < 4.78 is 6.80. The zero-order valence-electron chi connectivity index (χ0n) is 18.4. The molecule has 8 heteroatoms. The average molecular weight is 470 g/mol. The molecule has 1 N–H and O–H groups in total. The second kappa shape index (κ2) is 8.57. The number of benzene rings is 3. The van der Waals surface area contributed by atoms with Crippen LogP contribution >= 0.6 is 11.3 Å². The van der Waals surface area contributed by atoms with E-state index in [2.05, 4.69) is 10.3 Å². The second-order valence-corrected chi connectivity index (χ2v) is 8.94. The Morgan fingerprint density at radius 3 is 2.62 bits per heavy atom. The lowest BCUT2D eigenvalue weighted by molar-refractivity contribution is -0.384. The van der Waals surface area contributed by atoms with Gasteiger partial charge in [-0.05, 0) is 73.5 Å². The van der Waals surface area contributed by atoms with Crippen molar-refractivity contribution in [3.05, 3.63) is 99.8 Å². The Morgan fingerprint density at radius 2 is 1.85 bits per heavy atom. The molecule has 7 nitrogen and oxygen atoms in total. The van der Waals surface area contributed by atoms with Gasteiger partial charge in [-0.3, -0.25) is 14.9 Å². The fraction of sp³-hybridized carbons (Fsp3) is 0.0769. The fourth-order valence-corrected chi connectivity index (χ4v) is 4.68. The van der Waals surface area contributed by atoms with Gasteiger partial charge in [0.15, 0.2) is 5.76 Å². The number of nitrogens with one attached hydrogen (secondary N) is 1. The number of thiazole rings is 1. The Kier molecular flexibility index (Phi) is 5.43. The number of amides is 1. The van der Waals surface area contributed by atoms with Crippen molar-refractivity contribution in [3.8, 4) is 21.9 Å². The molecule has 3 aromatic carbocycles. The van der Waals surface area contributed by atoms with Gasteiger partial charge in [0.05, 0.1) is 20.7 Å². The number of aryl methyl sites for hydroxylation is 2. The third-order valence-electron chi connectivity index (χ3n) is 5.46. The largest absolute Gasteiger partial charge is 0.451 e. The maximum atomic E-state index is 12.8. The number of fused-ring (bicyclic) bond motifs is 1. The molecule has 5 aromatic rings. The highest BCUT2D eigenvalue weighted by Crippen LogP contribution is 2.34. The number of aromatic nitrogens is 1. The molecule has 34 heavy (non-hydrogen) atoms. The van der Waals surface area contributed by atoms with Crippen molar-refractivity contribution in [2.75, 3.05) is 5.32 Å². The van der Waals surface area contributed by atoms with E-state index in [0.717, 1.165) is 31.9 Å². The Morgan fingerprint density at radius 1 is 1.03 bits per heavy atom. The van der Waals surface area contributed by atoms with Crippen LogP contribution in [-0.2, 0) is 0 Å². The molecule has 2 aromatic heterocycles. The minimum atomic E-state index is -0.457. The highest BCUT2D eigenvalue weighted by molar-refractivity contribution is 7.21. The van der Waals surface area contributed by atoms with Crippen LogP contribution in [0.25, 0.3) is 32.1 Å². The first-order valence-corrected chi connectivity index (χ1v) is 11.3. The normalized spacial score (nSPS) is 11.0. The van der Waals surface area contributed by atoms with Gasteiger partial charge < -0.3 is 9.73 Å². The van der Waals surface area contributed by atoms with Crippen LogP contribution in [0.5, 0.6) is 0 Å². The van der Waals surface area contributed by atoms with Crippen LogP contribution in [0.3, 0.4) is 0 Å². The van der Waals surface area contributed by atoms with Gasteiger partial charge in [-0.15, -0.1) is 11.3 Å². The molecule has 0 aliphatic rings. The van der Waals surface area contributed by atoms with Crippen molar-refractivity contribution < 1.29 is 14.1 Å². The Bertz CT molecular complexity index is 1530. The summed E-state index contributed by atoms with van der Waals surface area (Å²) >= 11 is 1.62. The summed E-state index contributed by atoms with van der Waals surface area (Å²) in [4.78, 5) is 28.5. The Labute approximate surface area is 198 Å². The number of hydrogen-bond acceptors (Lipinski definition) is 6. The van der Waals surface area contributed by atoms with Crippen molar-refractivity contribution in [3.63, 3.8) is 0 Å². The topological polar surface area (TPSA) is 98.3 Å². The molecule has 0 saturated heterocycles. The van der Waals surface area contributed by atoms with Gasteiger partial charge in [-0.25, -0.2) is 4.98 Å². The van der Waals surface area contributed by atoms with Crippen molar-refractivity contribution in [2.45, 2.75) is 13.8 Å². The summed E-state index contributed by atoms with van der Waals surface area (Å²) in [5.41, 5.74) is 4.49. The van der Waals surface area contributed by atoms with Gasteiger partial charge in [-0.1, -0.05) is 18.2 Å². The van der Waals surface area contributed by atoms with E-state index in [-0.39, 0.29) is 17.2 Å². The molecule has 168 valence electrons. The average Bonchev–Trinajstić information content (AvgIpc) is 3.48. The molecule has 0 unspecified atom stereocenters. The van der Waals surface area contributed by atoms with Gasteiger partial charge in [0, 0.05) is 17.3 Å². The van der Waals surface area contributed by atoms with Gasteiger partial charge in [-0.2, -0.15) is 0 Å². The van der Waals surface area contributed by atoms with Crippen LogP contribution in [0.1, 0.15) is 21.7 Å². The molecular formula is C26H19N3O4S. The van der Waals surface area contributed by atoms with E-state index in [1.807, 2.05) is 49.4 Å². The highest BCUT2D eigenvalue weighted by atomic mass is 32.1. The Hall–Kier alpha value is -4.30. The van der Waals surface area contributed by atoms with Gasteiger partial charge in [0.25, 0.3) is 11.6 Å². The first-order valence-electron chi connectivity index (χ1n) is 10.5. The van der Waals surface area contributed by atoms with E-state index in [4.69, 9.17) is 4.42 Å². The minimum Gasteiger partial charge on any atom is -0.451 e. The summed E-state index contributed by atoms with van der Waals surface area (Å²) in [6.45, 7) is 3.69. The lowest BCUT2D eigenvalue weighted by Gasteiger charge is -2.08. The zero-order chi connectivity index (χ0) is 23.8. The van der Waals surface area contributed by atoms with Crippen molar-refractivity contribution >= 4 is 38.8 Å². The van der Waals surface area contributed by atoms with Crippen molar-refractivity contribution in [1.82, 2.24) is 4.98 Å². The van der Waals surface area contributed by atoms with Crippen LogP contribution in [0.4, 0.5) is 11.4 Å². The number of nitro groups is 1. The molecule has 0 aliphatic carbocycles. The number of nitrogens with zero attached hydrogens (tertiary/aromatic N) is 2. The first-order chi connectivity index (χ1) is 16.4. The minimum absolute atomic E-state index is 0.0670. The lowest BCUT2D eigenvalue weighted by atomic mass is 10.1. The van der Waals surface area contributed by atoms with E-state index in [1.165, 1.54) is 12.1 Å². The standard InChI is InChI=1S/C26H19N3O4S/c1-15-7-9-18(21(13-15)29(31)32)22-11-12-23(33-22)25(30)27-19-10-8-17(14-16(19)2)26-28-20-5-3-4-6-24(20)34-26/h3-14H,1-2H3,(H,27,30). The molecule has 0 spiro atoms. The van der Waals surface area contributed by atoms with Crippen molar-refractivity contribution in [1.29, 1.82) is 0 Å². The molecule has 0 aliphatic heterocycles. The third-order valence-corrected chi connectivity index (χ3v) is 6.55. The number of nitro benzene ring substituents is 1. The quantitative estimate of drug-likeness (QED) is 0.221. The third kappa shape index (κ3) is 4.06. The number of anilines is 1. The summed E-state index contributed by atoms with van der Waals surface area (Å²) in [6.07, 6.45) is 0. The van der Waals surface area contributed by atoms with E-state index < -0.39 is 10.8 Å². The molecule has 0 atom stereocenters. The molecule has 2 heterocycles.